The molecule has 0 spiro atoms. The summed E-state index contributed by atoms with van der Waals surface area (Å²) in [5.41, 5.74) is 1.16. The molecule has 1 aromatic rings. The quantitative estimate of drug-likeness (QED) is 0.298. The summed E-state index contributed by atoms with van der Waals surface area (Å²) in [4.78, 5) is 10.8. The van der Waals surface area contributed by atoms with Crippen LogP contribution in [0, 0.1) is 0 Å². The SMILES string of the molecule is CCN(CC)CCCCNC(=NC)NCCc1ccc(Cl)nc1. The van der Waals surface area contributed by atoms with Crippen molar-refractivity contribution >= 4 is 17.6 Å². The van der Waals surface area contributed by atoms with E-state index in [2.05, 4.69) is 39.4 Å². The zero-order chi connectivity index (χ0) is 16.9. The van der Waals surface area contributed by atoms with Gasteiger partial charge in [-0.25, -0.2) is 4.98 Å². The number of hydrogen-bond acceptors (Lipinski definition) is 3. The lowest BCUT2D eigenvalue weighted by Crippen LogP contribution is -2.39. The van der Waals surface area contributed by atoms with Gasteiger partial charge < -0.3 is 15.5 Å². The maximum Gasteiger partial charge on any atom is 0.190 e. The Labute approximate surface area is 145 Å². The highest BCUT2D eigenvalue weighted by atomic mass is 35.5. The molecular weight excluding hydrogens is 310 g/mol. The Bertz CT molecular complexity index is 443. The van der Waals surface area contributed by atoms with Crippen molar-refractivity contribution in [3.05, 3.63) is 29.0 Å². The monoisotopic (exact) mass is 339 g/mol. The molecule has 0 bridgehead atoms. The Balaban J connectivity index is 2.13. The van der Waals surface area contributed by atoms with Crippen molar-refractivity contribution in [2.75, 3.05) is 39.8 Å². The van der Waals surface area contributed by atoms with E-state index in [-0.39, 0.29) is 0 Å². The molecule has 1 aromatic heterocycles. The minimum absolute atomic E-state index is 0.531. The molecule has 130 valence electrons. The molecule has 1 rings (SSSR count). The minimum atomic E-state index is 0.531. The number of guanidine groups is 1. The number of unbranched alkanes of at least 4 members (excludes halogenated alkanes) is 1. The lowest BCUT2D eigenvalue weighted by atomic mass is 10.2. The molecule has 0 fully saturated rings. The number of aliphatic imine (C=N–C) groups is 1. The van der Waals surface area contributed by atoms with Gasteiger partial charge in [0, 0.05) is 26.3 Å². The zero-order valence-electron chi connectivity index (χ0n) is 14.6. The van der Waals surface area contributed by atoms with Gasteiger partial charge in [-0.2, -0.15) is 0 Å². The van der Waals surface area contributed by atoms with Crippen molar-refractivity contribution in [1.82, 2.24) is 20.5 Å². The van der Waals surface area contributed by atoms with E-state index in [1.807, 2.05) is 18.3 Å². The summed E-state index contributed by atoms with van der Waals surface area (Å²) in [7, 11) is 1.80. The van der Waals surface area contributed by atoms with Gasteiger partial charge in [0.2, 0.25) is 0 Å². The Morgan fingerprint density at radius 3 is 2.52 bits per heavy atom. The molecule has 1 heterocycles. The largest absolute Gasteiger partial charge is 0.356 e. The Kier molecular flexibility index (Phi) is 10.4. The second-order valence-corrected chi connectivity index (χ2v) is 5.79. The number of pyridine rings is 1. The van der Waals surface area contributed by atoms with Crippen LogP contribution in [0.3, 0.4) is 0 Å². The lowest BCUT2D eigenvalue weighted by Gasteiger charge is -2.18. The second kappa shape index (κ2) is 12.1. The van der Waals surface area contributed by atoms with Crippen molar-refractivity contribution in [2.24, 2.45) is 4.99 Å². The number of halogens is 1. The van der Waals surface area contributed by atoms with Crippen LogP contribution in [-0.2, 0) is 6.42 Å². The molecule has 2 N–H and O–H groups in total. The average Bonchev–Trinajstić information content (AvgIpc) is 2.58. The van der Waals surface area contributed by atoms with Crippen LogP contribution in [0.15, 0.2) is 23.3 Å². The molecular formula is C17H30ClN5. The predicted molar refractivity (Wildman–Crippen MR) is 99.3 cm³/mol. The summed E-state index contributed by atoms with van der Waals surface area (Å²) in [5.74, 6) is 0.856. The zero-order valence-corrected chi connectivity index (χ0v) is 15.4. The van der Waals surface area contributed by atoms with E-state index in [4.69, 9.17) is 11.6 Å². The van der Waals surface area contributed by atoms with Crippen LogP contribution in [0.1, 0.15) is 32.3 Å². The third kappa shape index (κ3) is 8.77. The molecule has 0 aliphatic rings. The molecule has 0 aliphatic heterocycles. The van der Waals surface area contributed by atoms with Gasteiger partial charge in [0.15, 0.2) is 5.96 Å². The van der Waals surface area contributed by atoms with Gasteiger partial charge in [-0.05, 0) is 50.5 Å². The Morgan fingerprint density at radius 1 is 1.17 bits per heavy atom. The van der Waals surface area contributed by atoms with Gasteiger partial charge in [-0.1, -0.05) is 31.5 Å². The minimum Gasteiger partial charge on any atom is -0.356 e. The Morgan fingerprint density at radius 2 is 1.91 bits per heavy atom. The number of rotatable bonds is 10. The highest BCUT2D eigenvalue weighted by Crippen LogP contribution is 2.05. The van der Waals surface area contributed by atoms with Crippen LogP contribution in [0.2, 0.25) is 5.15 Å². The first-order valence-corrected chi connectivity index (χ1v) is 8.84. The third-order valence-corrected chi connectivity index (χ3v) is 4.03. The lowest BCUT2D eigenvalue weighted by molar-refractivity contribution is 0.297. The predicted octanol–water partition coefficient (Wildman–Crippen LogP) is 2.56. The van der Waals surface area contributed by atoms with Crippen molar-refractivity contribution in [2.45, 2.75) is 33.1 Å². The van der Waals surface area contributed by atoms with Gasteiger partial charge in [-0.15, -0.1) is 0 Å². The van der Waals surface area contributed by atoms with E-state index in [9.17, 15) is 0 Å². The van der Waals surface area contributed by atoms with E-state index < -0.39 is 0 Å². The van der Waals surface area contributed by atoms with E-state index in [0.29, 0.717) is 5.15 Å². The molecule has 0 unspecified atom stereocenters. The summed E-state index contributed by atoms with van der Waals surface area (Å²) in [6.45, 7) is 9.63. The number of hydrogen-bond donors (Lipinski definition) is 2. The summed E-state index contributed by atoms with van der Waals surface area (Å²) in [6, 6.07) is 3.82. The number of nitrogens with zero attached hydrogens (tertiary/aromatic N) is 3. The third-order valence-electron chi connectivity index (χ3n) is 3.81. The topological polar surface area (TPSA) is 52.5 Å². The van der Waals surface area contributed by atoms with Crippen LogP contribution in [0.4, 0.5) is 0 Å². The molecule has 0 saturated heterocycles. The van der Waals surface area contributed by atoms with Crippen molar-refractivity contribution in [3.63, 3.8) is 0 Å². The maximum atomic E-state index is 5.78. The van der Waals surface area contributed by atoms with Crippen LogP contribution >= 0.6 is 11.6 Å². The standard InChI is InChI=1S/C17H30ClN5/c1-4-23(5-2)13-7-6-11-20-17(19-3)21-12-10-15-8-9-16(18)22-14-15/h8-9,14H,4-7,10-13H2,1-3H3,(H2,19,20,21). The maximum absolute atomic E-state index is 5.78. The first kappa shape index (κ1) is 19.7. The van der Waals surface area contributed by atoms with Crippen molar-refractivity contribution in [3.8, 4) is 0 Å². The van der Waals surface area contributed by atoms with Gasteiger partial charge in [-0.3, -0.25) is 4.99 Å². The smallest absolute Gasteiger partial charge is 0.190 e. The van der Waals surface area contributed by atoms with Gasteiger partial charge in [0.1, 0.15) is 5.15 Å². The second-order valence-electron chi connectivity index (χ2n) is 5.40. The van der Waals surface area contributed by atoms with E-state index >= 15 is 0 Å². The van der Waals surface area contributed by atoms with Crippen molar-refractivity contribution in [1.29, 1.82) is 0 Å². The highest BCUT2D eigenvalue weighted by molar-refractivity contribution is 6.29. The van der Waals surface area contributed by atoms with Gasteiger partial charge in [0.05, 0.1) is 0 Å². The van der Waals surface area contributed by atoms with E-state index in [0.717, 1.165) is 50.5 Å². The first-order chi connectivity index (χ1) is 11.2. The molecule has 6 heteroatoms. The molecule has 23 heavy (non-hydrogen) atoms. The average molecular weight is 340 g/mol. The normalized spacial score (nSPS) is 11.8. The van der Waals surface area contributed by atoms with Crippen LogP contribution in [0.25, 0.3) is 0 Å². The first-order valence-electron chi connectivity index (χ1n) is 8.46. The molecule has 0 atom stereocenters. The van der Waals surface area contributed by atoms with Crippen LogP contribution in [0.5, 0.6) is 0 Å². The molecule has 0 aliphatic carbocycles. The fourth-order valence-electron chi connectivity index (χ4n) is 2.31. The number of nitrogens with one attached hydrogen (secondary N) is 2. The molecule has 5 nitrogen and oxygen atoms in total. The van der Waals surface area contributed by atoms with Crippen LogP contribution in [-0.4, -0.2) is 55.6 Å². The van der Waals surface area contributed by atoms with E-state index in [1.54, 1.807) is 7.05 Å². The Hall–Kier alpha value is -1.33. The summed E-state index contributed by atoms with van der Waals surface area (Å²) in [6.07, 6.45) is 5.07. The van der Waals surface area contributed by atoms with Crippen LogP contribution < -0.4 is 10.6 Å². The van der Waals surface area contributed by atoms with E-state index in [1.165, 1.54) is 13.0 Å². The summed E-state index contributed by atoms with van der Waals surface area (Å²) < 4.78 is 0. The summed E-state index contributed by atoms with van der Waals surface area (Å²) >= 11 is 5.78. The highest BCUT2D eigenvalue weighted by Gasteiger charge is 2.00. The van der Waals surface area contributed by atoms with Gasteiger partial charge >= 0.3 is 0 Å². The van der Waals surface area contributed by atoms with Crippen molar-refractivity contribution < 1.29 is 0 Å². The fraction of sp³-hybridized carbons (Fsp3) is 0.647. The fourth-order valence-corrected chi connectivity index (χ4v) is 2.42. The number of aromatic nitrogens is 1. The van der Waals surface area contributed by atoms with Gasteiger partial charge in [0.25, 0.3) is 0 Å². The molecule has 0 aromatic carbocycles. The molecule has 0 amide bonds. The molecule has 0 radical (unpaired) electrons. The molecule has 0 saturated carbocycles. The summed E-state index contributed by atoms with van der Waals surface area (Å²) in [5, 5.41) is 7.21.